The molecule has 1 aromatic rings. The normalized spacial score (nSPS) is 20.3. The van der Waals surface area contributed by atoms with E-state index in [2.05, 4.69) is 31.9 Å². The van der Waals surface area contributed by atoms with Crippen molar-refractivity contribution < 1.29 is 13.2 Å². The van der Waals surface area contributed by atoms with Crippen molar-refractivity contribution >= 4 is 41.9 Å². The zero-order chi connectivity index (χ0) is 14.8. The molecule has 0 aliphatic carbocycles. The first-order valence-corrected chi connectivity index (χ1v) is 9.47. The lowest BCUT2D eigenvalue weighted by molar-refractivity contribution is 0.00858. The van der Waals surface area contributed by atoms with Crippen LogP contribution in [-0.4, -0.2) is 39.0 Å². The molecule has 1 aliphatic heterocycles. The van der Waals surface area contributed by atoms with Crippen molar-refractivity contribution in [2.45, 2.75) is 30.3 Å². The van der Waals surface area contributed by atoms with E-state index in [1.54, 1.807) is 25.2 Å². The van der Waals surface area contributed by atoms with Crippen LogP contribution in [0.2, 0.25) is 0 Å². The van der Waals surface area contributed by atoms with Gasteiger partial charge in [0.25, 0.3) is 0 Å². The Balaban J connectivity index is 2.18. The number of sulfonamides is 1. The van der Waals surface area contributed by atoms with Crippen molar-refractivity contribution in [3.63, 3.8) is 0 Å². The molecule has 1 unspecified atom stereocenters. The van der Waals surface area contributed by atoms with Crippen LogP contribution >= 0.6 is 31.9 Å². The average molecular weight is 427 g/mol. The van der Waals surface area contributed by atoms with Crippen LogP contribution in [0.5, 0.6) is 0 Å². The predicted octanol–water partition coefficient (Wildman–Crippen LogP) is 3.40. The standard InChI is InChI=1S/C13H17Br2NO3S/c1-16(9-11-4-2-3-7-19-11)20(17,18)13-8-10(14)5-6-12(13)15/h5-6,8,11H,2-4,7,9H2,1H3. The number of benzene rings is 1. The molecule has 0 spiro atoms. The molecule has 2 rings (SSSR count). The van der Waals surface area contributed by atoms with Gasteiger partial charge in [-0.2, -0.15) is 4.31 Å². The van der Waals surface area contributed by atoms with E-state index in [1.165, 1.54) is 4.31 Å². The molecule has 0 N–H and O–H groups in total. The third-order valence-corrected chi connectivity index (χ3v) is 6.63. The monoisotopic (exact) mass is 425 g/mol. The van der Waals surface area contributed by atoms with Crippen LogP contribution in [-0.2, 0) is 14.8 Å². The minimum atomic E-state index is -3.52. The molecule has 4 nitrogen and oxygen atoms in total. The summed E-state index contributed by atoms with van der Waals surface area (Å²) in [5, 5.41) is 0. The van der Waals surface area contributed by atoms with Crippen LogP contribution in [0.15, 0.2) is 32.0 Å². The smallest absolute Gasteiger partial charge is 0.244 e. The maximum Gasteiger partial charge on any atom is 0.244 e. The Bertz CT molecular complexity index is 571. The molecular formula is C13H17Br2NO3S. The summed E-state index contributed by atoms with van der Waals surface area (Å²) in [7, 11) is -1.92. The van der Waals surface area contributed by atoms with Crippen molar-refractivity contribution in [1.82, 2.24) is 4.31 Å². The number of hydrogen-bond acceptors (Lipinski definition) is 3. The second kappa shape index (κ2) is 6.87. The van der Waals surface area contributed by atoms with E-state index >= 15 is 0 Å². The maximum absolute atomic E-state index is 12.6. The first-order chi connectivity index (χ1) is 9.41. The molecule has 1 fully saturated rings. The van der Waals surface area contributed by atoms with Crippen molar-refractivity contribution in [1.29, 1.82) is 0 Å². The van der Waals surface area contributed by atoms with E-state index in [0.29, 0.717) is 11.0 Å². The lowest BCUT2D eigenvalue weighted by Gasteiger charge is -2.27. The highest BCUT2D eigenvalue weighted by Crippen LogP contribution is 2.28. The molecule has 0 aromatic heterocycles. The molecular weight excluding hydrogens is 410 g/mol. The molecule has 0 saturated carbocycles. The van der Waals surface area contributed by atoms with E-state index in [-0.39, 0.29) is 11.0 Å². The topological polar surface area (TPSA) is 46.6 Å². The molecule has 0 amide bonds. The van der Waals surface area contributed by atoms with Crippen LogP contribution in [0.4, 0.5) is 0 Å². The van der Waals surface area contributed by atoms with E-state index in [9.17, 15) is 8.42 Å². The Hall–Kier alpha value is 0.0500. The molecule has 0 radical (unpaired) electrons. The lowest BCUT2D eigenvalue weighted by atomic mass is 10.1. The van der Waals surface area contributed by atoms with E-state index < -0.39 is 10.0 Å². The van der Waals surface area contributed by atoms with Crippen molar-refractivity contribution in [3.05, 3.63) is 27.1 Å². The van der Waals surface area contributed by atoms with Gasteiger partial charge in [-0.25, -0.2) is 8.42 Å². The zero-order valence-electron chi connectivity index (χ0n) is 11.2. The van der Waals surface area contributed by atoms with Gasteiger partial charge in [0, 0.05) is 29.1 Å². The highest BCUT2D eigenvalue weighted by Gasteiger charge is 2.27. The Morgan fingerprint density at radius 3 is 2.75 bits per heavy atom. The van der Waals surface area contributed by atoms with Gasteiger partial charge >= 0.3 is 0 Å². The van der Waals surface area contributed by atoms with E-state index in [1.807, 2.05) is 0 Å². The number of hydrogen-bond donors (Lipinski definition) is 0. The molecule has 7 heteroatoms. The first kappa shape index (κ1) is 16.4. The Labute approximate surface area is 136 Å². The Morgan fingerprint density at radius 1 is 1.35 bits per heavy atom. The van der Waals surface area contributed by atoms with Crippen molar-refractivity contribution in [3.8, 4) is 0 Å². The van der Waals surface area contributed by atoms with Gasteiger partial charge in [0.1, 0.15) is 0 Å². The number of ether oxygens (including phenoxy) is 1. The summed E-state index contributed by atoms with van der Waals surface area (Å²) >= 11 is 6.61. The largest absolute Gasteiger partial charge is 0.377 e. The zero-order valence-corrected chi connectivity index (χ0v) is 15.2. The molecule has 1 heterocycles. The molecule has 112 valence electrons. The van der Waals surface area contributed by atoms with Gasteiger partial charge in [-0.05, 0) is 53.4 Å². The summed E-state index contributed by atoms with van der Waals surface area (Å²) in [6, 6.07) is 5.13. The van der Waals surface area contributed by atoms with Gasteiger partial charge in [0.2, 0.25) is 10.0 Å². The summed E-state index contributed by atoms with van der Waals surface area (Å²) in [4.78, 5) is 0.269. The average Bonchev–Trinajstić information content (AvgIpc) is 2.42. The van der Waals surface area contributed by atoms with Gasteiger partial charge in [0.15, 0.2) is 0 Å². The summed E-state index contributed by atoms with van der Waals surface area (Å²) in [6.45, 7) is 1.11. The minimum absolute atomic E-state index is 0.00514. The van der Waals surface area contributed by atoms with Crippen LogP contribution < -0.4 is 0 Å². The fraction of sp³-hybridized carbons (Fsp3) is 0.538. The summed E-state index contributed by atoms with van der Waals surface area (Å²) in [5.41, 5.74) is 0. The molecule has 1 saturated heterocycles. The summed E-state index contributed by atoms with van der Waals surface area (Å²) in [5.74, 6) is 0. The highest BCUT2D eigenvalue weighted by atomic mass is 79.9. The SMILES string of the molecule is CN(CC1CCCCO1)S(=O)(=O)c1cc(Br)ccc1Br. The van der Waals surface area contributed by atoms with Gasteiger partial charge in [-0.1, -0.05) is 15.9 Å². The molecule has 1 atom stereocenters. The quantitative estimate of drug-likeness (QED) is 0.741. The van der Waals surface area contributed by atoms with Gasteiger partial charge in [-0.3, -0.25) is 0 Å². The third-order valence-electron chi connectivity index (χ3n) is 3.32. The van der Waals surface area contributed by atoms with Gasteiger partial charge < -0.3 is 4.74 Å². The fourth-order valence-corrected chi connectivity index (χ4v) is 4.84. The summed E-state index contributed by atoms with van der Waals surface area (Å²) in [6.07, 6.45) is 3.07. The highest BCUT2D eigenvalue weighted by molar-refractivity contribution is 9.11. The fourth-order valence-electron chi connectivity index (χ4n) is 2.18. The van der Waals surface area contributed by atoms with E-state index in [0.717, 1.165) is 30.3 Å². The van der Waals surface area contributed by atoms with Crippen LogP contribution in [0.3, 0.4) is 0 Å². The van der Waals surface area contributed by atoms with Gasteiger partial charge in [-0.15, -0.1) is 0 Å². The molecule has 1 aliphatic rings. The second-order valence-corrected chi connectivity index (χ2v) is 8.63. The number of halogens is 2. The Kier molecular flexibility index (Phi) is 5.64. The van der Waals surface area contributed by atoms with Crippen molar-refractivity contribution in [2.24, 2.45) is 0 Å². The second-order valence-electron chi connectivity index (χ2n) is 4.85. The Morgan fingerprint density at radius 2 is 2.10 bits per heavy atom. The van der Waals surface area contributed by atoms with Gasteiger partial charge in [0.05, 0.1) is 11.0 Å². The maximum atomic E-state index is 12.6. The molecule has 20 heavy (non-hydrogen) atoms. The van der Waals surface area contributed by atoms with Crippen LogP contribution in [0.1, 0.15) is 19.3 Å². The number of rotatable bonds is 4. The minimum Gasteiger partial charge on any atom is -0.377 e. The molecule has 0 bridgehead atoms. The number of likely N-dealkylation sites (N-methyl/N-ethyl adjacent to an activating group) is 1. The van der Waals surface area contributed by atoms with E-state index in [4.69, 9.17) is 4.74 Å². The van der Waals surface area contributed by atoms with Crippen molar-refractivity contribution in [2.75, 3.05) is 20.2 Å². The summed E-state index contributed by atoms with van der Waals surface area (Å²) < 4.78 is 33.5. The first-order valence-electron chi connectivity index (χ1n) is 6.44. The van der Waals surface area contributed by atoms with Crippen LogP contribution in [0.25, 0.3) is 0 Å². The predicted molar refractivity (Wildman–Crippen MR) is 85.2 cm³/mol. The van der Waals surface area contributed by atoms with Crippen LogP contribution in [0, 0.1) is 0 Å². The third kappa shape index (κ3) is 3.82. The lowest BCUT2D eigenvalue weighted by Crippen LogP contribution is -2.37. The molecule has 1 aromatic carbocycles. The number of nitrogens with zero attached hydrogens (tertiary/aromatic N) is 1.